The van der Waals surface area contributed by atoms with E-state index in [4.69, 9.17) is 5.11 Å². The number of aromatic amines is 1. The molecule has 1 aliphatic rings. The Hall–Kier alpha value is -1.38. The summed E-state index contributed by atoms with van der Waals surface area (Å²) in [6.07, 6.45) is 4.75. The molecule has 1 aromatic rings. The van der Waals surface area contributed by atoms with Gasteiger partial charge in [0.1, 0.15) is 10.6 Å². The third kappa shape index (κ3) is 3.81. The predicted molar refractivity (Wildman–Crippen MR) is 73.2 cm³/mol. The number of aromatic carboxylic acids is 1. The highest BCUT2D eigenvalue weighted by molar-refractivity contribution is 7.89. The number of piperidine rings is 1. The van der Waals surface area contributed by atoms with Crippen LogP contribution in [0.4, 0.5) is 0 Å². The fourth-order valence-corrected chi connectivity index (χ4v) is 3.27. The van der Waals surface area contributed by atoms with Crippen LogP contribution in [0.25, 0.3) is 0 Å². The molecule has 0 spiro atoms. The Morgan fingerprint density at radius 3 is 2.65 bits per heavy atom. The second-order valence-corrected chi connectivity index (χ2v) is 6.62. The molecule has 0 atom stereocenters. The minimum atomic E-state index is -3.65. The topological polar surface area (TPSA) is 102 Å². The molecule has 0 aromatic carbocycles. The minimum absolute atomic E-state index is 0.0476. The molecule has 3 N–H and O–H groups in total. The van der Waals surface area contributed by atoms with Gasteiger partial charge in [-0.1, -0.05) is 6.42 Å². The van der Waals surface area contributed by atoms with E-state index in [1.165, 1.54) is 12.6 Å². The van der Waals surface area contributed by atoms with Gasteiger partial charge in [-0.05, 0) is 32.0 Å². The van der Waals surface area contributed by atoms with E-state index in [2.05, 4.69) is 14.6 Å². The Balaban J connectivity index is 1.88. The molecule has 20 heavy (non-hydrogen) atoms. The molecular weight excluding hydrogens is 282 g/mol. The third-order valence-electron chi connectivity index (χ3n) is 3.37. The Morgan fingerprint density at radius 1 is 1.35 bits per heavy atom. The second-order valence-electron chi connectivity index (χ2n) is 4.85. The summed E-state index contributed by atoms with van der Waals surface area (Å²) in [5, 5.41) is 8.76. The number of likely N-dealkylation sites (tertiary alicyclic amines) is 1. The maximum absolute atomic E-state index is 12.0. The van der Waals surface area contributed by atoms with Gasteiger partial charge in [-0.25, -0.2) is 17.9 Å². The predicted octanol–water partition coefficient (Wildman–Crippen LogP) is 0.477. The number of carboxylic acids is 1. The number of sulfonamides is 1. The van der Waals surface area contributed by atoms with Gasteiger partial charge in [0.2, 0.25) is 10.0 Å². The summed E-state index contributed by atoms with van der Waals surface area (Å²) < 4.78 is 26.4. The highest BCUT2D eigenvalue weighted by Gasteiger charge is 2.18. The highest BCUT2D eigenvalue weighted by Crippen LogP contribution is 2.11. The third-order valence-corrected chi connectivity index (χ3v) is 4.81. The van der Waals surface area contributed by atoms with Gasteiger partial charge in [-0.3, -0.25) is 0 Å². The standard InChI is InChI=1S/C12H19N3O4S/c16-12(17)11-8-10(9-13-11)20(18,19)14-4-7-15-5-2-1-3-6-15/h8-9,13-14H,1-7H2,(H,16,17). The van der Waals surface area contributed by atoms with E-state index in [9.17, 15) is 13.2 Å². The summed E-state index contributed by atoms with van der Waals surface area (Å²) in [6.45, 7) is 3.02. The fourth-order valence-electron chi connectivity index (χ4n) is 2.26. The lowest BCUT2D eigenvalue weighted by atomic mass is 10.1. The van der Waals surface area contributed by atoms with Crippen LogP contribution in [0.5, 0.6) is 0 Å². The van der Waals surface area contributed by atoms with Crippen molar-refractivity contribution in [3.8, 4) is 0 Å². The number of aromatic nitrogens is 1. The van der Waals surface area contributed by atoms with Crippen LogP contribution in [0, 0.1) is 0 Å². The van der Waals surface area contributed by atoms with Crippen molar-refractivity contribution in [1.82, 2.24) is 14.6 Å². The Bertz CT molecular complexity index is 561. The van der Waals surface area contributed by atoms with E-state index in [0.717, 1.165) is 32.0 Å². The number of H-pyrrole nitrogens is 1. The number of carboxylic acid groups (broad SMARTS) is 1. The van der Waals surface area contributed by atoms with Gasteiger partial charge >= 0.3 is 5.97 Å². The molecule has 0 unspecified atom stereocenters. The summed E-state index contributed by atoms with van der Waals surface area (Å²) >= 11 is 0. The lowest BCUT2D eigenvalue weighted by Crippen LogP contribution is -2.37. The molecule has 112 valence electrons. The van der Waals surface area contributed by atoms with Crippen molar-refractivity contribution in [2.45, 2.75) is 24.2 Å². The number of rotatable bonds is 6. The van der Waals surface area contributed by atoms with Crippen molar-refractivity contribution >= 4 is 16.0 Å². The molecule has 0 radical (unpaired) electrons. The molecule has 0 aliphatic carbocycles. The van der Waals surface area contributed by atoms with Crippen molar-refractivity contribution in [3.63, 3.8) is 0 Å². The summed E-state index contributed by atoms with van der Waals surface area (Å²) in [5.41, 5.74) is -0.138. The van der Waals surface area contributed by atoms with Crippen LogP contribution in [0.1, 0.15) is 29.8 Å². The summed E-state index contributed by atoms with van der Waals surface area (Å²) in [7, 11) is -3.65. The van der Waals surface area contributed by atoms with Gasteiger partial charge in [-0.15, -0.1) is 0 Å². The molecule has 0 saturated carbocycles. The first-order valence-electron chi connectivity index (χ1n) is 6.63. The first kappa shape index (κ1) is 15.0. The molecule has 0 bridgehead atoms. The molecule has 2 heterocycles. The molecule has 1 saturated heterocycles. The van der Waals surface area contributed by atoms with E-state index in [1.54, 1.807) is 0 Å². The van der Waals surface area contributed by atoms with E-state index < -0.39 is 16.0 Å². The van der Waals surface area contributed by atoms with Crippen LogP contribution in [0.15, 0.2) is 17.2 Å². The van der Waals surface area contributed by atoms with Gasteiger partial charge in [0.15, 0.2) is 0 Å². The van der Waals surface area contributed by atoms with Crippen LogP contribution in [-0.2, 0) is 10.0 Å². The van der Waals surface area contributed by atoms with Crippen molar-refractivity contribution < 1.29 is 18.3 Å². The normalized spacial score (nSPS) is 17.2. The first-order chi connectivity index (χ1) is 9.49. The molecule has 1 fully saturated rings. The maximum Gasteiger partial charge on any atom is 0.352 e. The number of nitrogens with zero attached hydrogens (tertiary/aromatic N) is 1. The first-order valence-corrected chi connectivity index (χ1v) is 8.11. The van der Waals surface area contributed by atoms with Gasteiger partial charge in [-0.2, -0.15) is 0 Å². The zero-order valence-electron chi connectivity index (χ0n) is 11.1. The minimum Gasteiger partial charge on any atom is -0.477 e. The van der Waals surface area contributed by atoms with Gasteiger partial charge < -0.3 is 15.0 Å². The molecular formula is C12H19N3O4S. The number of carbonyl (C=O) groups is 1. The van der Waals surface area contributed by atoms with E-state index in [1.807, 2.05) is 0 Å². The SMILES string of the molecule is O=C(O)c1cc(S(=O)(=O)NCCN2CCCCC2)c[nH]1. The number of hydrogen-bond donors (Lipinski definition) is 3. The van der Waals surface area contributed by atoms with Crippen LogP contribution >= 0.6 is 0 Å². The van der Waals surface area contributed by atoms with Gasteiger partial charge in [0.25, 0.3) is 0 Å². The van der Waals surface area contributed by atoms with E-state index >= 15 is 0 Å². The lowest BCUT2D eigenvalue weighted by Gasteiger charge is -2.26. The number of nitrogens with one attached hydrogen (secondary N) is 2. The smallest absolute Gasteiger partial charge is 0.352 e. The molecule has 8 heteroatoms. The van der Waals surface area contributed by atoms with Gasteiger partial charge in [0.05, 0.1) is 0 Å². The maximum atomic E-state index is 12.0. The van der Waals surface area contributed by atoms with E-state index in [-0.39, 0.29) is 10.6 Å². The quantitative estimate of drug-likeness (QED) is 0.709. The largest absolute Gasteiger partial charge is 0.477 e. The summed E-state index contributed by atoms with van der Waals surface area (Å²) in [5.74, 6) is -1.18. The Kier molecular flexibility index (Phi) is 4.79. The lowest BCUT2D eigenvalue weighted by molar-refractivity contribution is 0.0691. The Labute approximate surface area is 118 Å². The molecule has 0 amide bonds. The van der Waals surface area contributed by atoms with Crippen LogP contribution < -0.4 is 4.72 Å². The molecule has 1 aliphatic heterocycles. The van der Waals surface area contributed by atoms with Crippen LogP contribution in [0.2, 0.25) is 0 Å². The van der Waals surface area contributed by atoms with Crippen molar-refractivity contribution in [2.24, 2.45) is 0 Å². The molecule has 2 rings (SSSR count). The highest BCUT2D eigenvalue weighted by atomic mass is 32.2. The van der Waals surface area contributed by atoms with Crippen molar-refractivity contribution in [3.05, 3.63) is 18.0 Å². The monoisotopic (exact) mass is 301 g/mol. The molecule has 1 aromatic heterocycles. The zero-order valence-corrected chi connectivity index (χ0v) is 11.9. The second kappa shape index (κ2) is 6.38. The average Bonchev–Trinajstić information content (AvgIpc) is 2.90. The average molecular weight is 301 g/mol. The zero-order chi connectivity index (χ0) is 14.6. The number of hydrogen-bond acceptors (Lipinski definition) is 4. The Morgan fingerprint density at radius 2 is 2.05 bits per heavy atom. The van der Waals surface area contributed by atoms with Gasteiger partial charge in [0, 0.05) is 19.3 Å². The fraction of sp³-hybridized carbons (Fsp3) is 0.583. The van der Waals surface area contributed by atoms with E-state index in [0.29, 0.717) is 13.1 Å². The van der Waals surface area contributed by atoms with Crippen molar-refractivity contribution in [1.29, 1.82) is 0 Å². The van der Waals surface area contributed by atoms with Crippen LogP contribution in [0.3, 0.4) is 0 Å². The molecule has 7 nitrogen and oxygen atoms in total. The summed E-state index contributed by atoms with van der Waals surface area (Å²) in [4.78, 5) is 15.3. The summed E-state index contributed by atoms with van der Waals surface area (Å²) in [6, 6.07) is 1.12. The van der Waals surface area contributed by atoms with Crippen molar-refractivity contribution in [2.75, 3.05) is 26.2 Å². The van der Waals surface area contributed by atoms with Crippen LogP contribution in [-0.4, -0.2) is 55.6 Å².